The fourth-order valence-electron chi connectivity index (χ4n) is 2.72. The number of rotatable bonds is 5. The third-order valence-electron chi connectivity index (χ3n) is 4.12. The molecule has 0 saturated carbocycles. The number of aryl methyl sites for hydroxylation is 3. The number of nitrogens with one attached hydrogen (secondary N) is 1. The van der Waals surface area contributed by atoms with Crippen molar-refractivity contribution in [1.29, 1.82) is 0 Å². The highest BCUT2D eigenvalue weighted by Crippen LogP contribution is 2.26. The van der Waals surface area contributed by atoms with E-state index in [0.29, 0.717) is 5.69 Å². The van der Waals surface area contributed by atoms with Gasteiger partial charge in [0.2, 0.25) is 0 Å². The van der Waals surface area contributed by atoms with Crippen molar-refractivity contribution in [3.8, 4) is 0 Å². The van der Waals surface area contributed by atoms with Crippen LogP contribution in [0, 0.1) is 20.8 Å². The number of carbonyl (C=O) groups is 1. The first-order valence-corrected chi connectivity index (χ1v) is 8.70. The lowest BCUT2D eigenvalue weighted by Gasteiger charge is -2.26. The number of pyridine rings is 1. The Hall–Kier alpha value is -1.92. The van der Waals surface area contributed by atoms with E-state index in [2.05, 4.69) is 5.32 Å². The van der Waals surface area contributed by atoms with E-state index in [4.69, 9.17) is 0 Å². The van der Waals surface area contributed by atoms with Gasteiger partial charge in [0, 0.05) is 21.5 Å². The minimum atomic E-state index is -1.68. The fraction of sp³-hybridized carbons (Fsp3) is 0.444. The monoisotopic (exact) mass is 348 g/mol. The third kappa shape index (κ3) is 3.94. The number of carbonyl (C=O) groups excluding carboxylic acids is 1. The minimum Gasteiger partial charge on any atom is -0.378 e. The van der Waals surface area contributed by atoms with E-state index >= 15 is 0 Å². The molecule has 6 heteroatoms. The molecule has 0 saturated heterocycles. The van der Waals surface area contributed by atoms with Crippen molar-refractivity contribution in [2.24, 2.45) is 0 Å². The van der Waals surface area contributed by atoms with Crippen LogP contribution in [0.15, 0.2) is 29.1 Å². The Morgan fingerprint density at radius 2 is 2.04 bits per heavy atom. The zero-order valence-corrected chi connectivity index (χ0v) is 15.5. The van der Waals surface area contributed by atoms with Crippen molar-refractivity contribution in [1.82, 2.24) is 9.88 Å². The van der Waals surface area contributed by atoms with E-state index in [9.17, 15) is 14.7 Å². The molecule has 0 aliphatic rings. The summed E-state index contributed by atoms with van der Waals surface area (Å²) in [5, 5.41) is 13.4. The van der Waals surface area contributed by atoms with E-state index in [1.54, 1.807) is 30.4 Å². The number of aliphatic hydroxyl groups is 1. The lowest BCUT2D eigenvalue weighted by Crippen LogP contribution is -2.49. The lowest BCUT2D eigenvalue weighted by atomic mass is 10.0. The van der Waals surface area contributed by atoms with Gasteiger partial charge in [0.15, 0.2) is 5.60 Å². The van der Waals surface area contributed by atoms with E-state index in [0.717, 1.165) is 10.4 Å². The Labute approximate surface area is 146 Å². The zero-order chi connectivity index (χ0) is 18.1. The van der Waals surface area contributed by atoms with Crippen LogP contribution in [-0.2, 0) is 11.3 Å². The van der Waals surface area contributed by atoms with Crippen LogP contribution in [0.3, 0.4) is 0 Å². The highest BCUT2D eigenvalue weighted by Gasteiger charge is 2.32. The third-order valence-corrected chi connectivity index (χ3v) is 5.10. The second kappa shape index (κ2) is 6.91. The van der Waals surface area contributed by atoms with Crippen molar-refractivity contribution in [2.75, 3.05) is 0 Å². The molecule has 2 unspecified atom stereocenters. The van der Waals surface area contributed by atoms with Crippen LogP contribution in [0.4, 0.5) is 0 Å². The van der Waals surface area contributed by atoms with Crippen molar-refractivity contribution in [3.05, 3.63) is 55.6 Å². The van der Waals surface area contributed by atoms with Crippen molar-refractivity contribution in [2.45, 2.75) is 52.8 Å². The molecule has 2 atom stereocenters. The highest BCUT2D eigenvalue weighted by molar-refractivity contribution is 7.12. The largest absolute Gasteiger partial charge is 0.378 e. The molecule has 2 heterocycles. The van der Waals surface area contributed by atoms with Crippen LogP contribution < -0.4 is 10.9 Å². The summed E-state index contributed by atoms with van der Waals surface area (Å²) in [6.07, 6.45) is 0. The Kier molecular flexibility index (Phi) is 5.30. The zero-order valence-electron chi connectivity index (χ0n) is 14.7. The number of hydrogen-bond donors (Lipinski definition) is 2. The Morgan fingerprint density at radius 3 is 2.58 bits per heavy atom. The number of thiophene rings is 1. The average Bonchev–Trinajstić information content (AvgIpc) is 2.82. The molecule has 2 aromatic rings. The standard InChI is InChI=1S/C18H24N2O3S/c1-11-7-6-8-16(21)20(11)10-18(5,23)17(22)19-13(3)15-9-12(2)24-14(15)4/h6-9,13,23H,10H2,1-5H3,(H,19,22). The van der Waals surface area contributed by atoms with Gasteiger partial charge >= 0.3 is 0 Å². The van der Waals surface area contributed by atoms with Gasteiger partial charge in [-0.1, -0.05) is 6.07 Å². The molecule has 0 spiro atoms. The van der Waals surface area contributed by atoms with Gasteiger partial charge in [-0.05, 0) is 52.3 Å². The minimum absolute atomic E-state index is 0.0846. The highest BCUT2D eigenvalue weighted by atomic mass is 32.1. The smallest absolute Gasteiger partial charge is 0.254 e. The summed E-state index contributed by atoms with van der Waals surface area (Å²) in [5.74, 6) is -0.492. The van der Waals surface area contributed by atoms with Gasteiger partial charge in [-0.25, -0.2) is 0 Å². The summed E-state index contributed by atoms with van der Waals surface area (Å²) in [6, 6.07) is 6.69. The summed E-state index contributed by atoms with van der Waals surface area (Å²) in [5.41, 5.74) is -0.161. The summed E-state index contributed by atoms with van der Waals surface area (Å²) >= 11 is 1.68. The normalized spacial score (nSPS) is 14.9. The summed E-state index contributed by atoms with van der Waals surface area (Å²) in [7, 11) is 0. The lowest BCUT2D eigenvalue weighted by molar-refractivity contribution is -0.140. The Bertz CT molecular complexity index is 805. The van der Waals surface area contributed by atoms with Gasteiger partial charge in [0.1, 0.15) is 0 Å². The first-order chi connectivity index (χ1) is 11.1. The first-order valence-electron chi connectivity index (χ1n) is 7.88. The number of amides is 1. The van der Waals surface area contributed by atoms with E-state index in [1.165, 1.54) is 22.4 Å². The van der Waals surface area contributed by atoms with Gasteiger partial charge in [0.25, 0.3) is 11.5 Å². The quantitative estimate of drug-likeness (QED) is 0.872. The fourth-order valence-corrected chi connectivity index (χ4v) is 3.74. The molecule has 130 valence electrons. The average molecular weight is 348 g/mol. The second-order valence-corrected chi connectivity index (χ2v) is 7.89. The molecule has 2 rings (SSSR count). The predicted molar refractivity (Wildman–Crippen MR) is 96.4 cm³/mol. The molecular weight excluding hydrogens is 324 g/mol. The maximum absolute atomic E-state index is 12.5. The summed E-state index contributed by atoms with van der Waals surface area (Å²) in [4.78, 5) is 26.8. The van der Waals surface area contributed by atoms with Crippen LogP contribution in [0.25, 0.3) is 0 Å². The van der Waals surface area contributed by atoms with Crippen molar-refractivity contribution in [3.63, 3.8) is 0 Å². The van der Waals surface area contributed by atoms with Gasteiger partial charge < -0.3 is 15.0 Å². The molecule has 0 aromatic carbocycles. The van der Waals surface area contributed by atoms with Crippen LogP contribution in [0.2, 0.25) is 0 Å². The van der Waals surface area contributed by atoms with Crippen LogP contribution in [0.1, 0.15) is 40.9 Å². The molecule has 2 aromatic heterocycles. The molecule has 1 amide bonds. The van der Waals surface area contributed by atoms with Crippen LogP contribution in [0.5, 0.6) is 0 Å². The molecule has 0 fully saturated rings. The predicted octanol–water partition coefficient (Wildman–Crippen LogP) is 2.46. The molecule has 0 aliphatic heterocycles. The Balaban J connectivity index is 2.15. The van der Waals surface area contributed by atoms with E-state index in [1.807, 2.05) is 26.8 Å². The first kappa shape index (κ1) is 18.4. The summed E-state index contributed by atoms with van der Waals surface area (Å²) < 4.78 is 1.41. The second-order valence-electron chi connectivity index (χ2n) is 6.43. The van der Waals surface area contributed by atoms with Gasteiger partial charge in [0.05, 0.1) is 12.6 Å². The van der Waals surface area contributed by atoms with Crippen molar-refractivity contribution < 1.29 is 9.90 Å². The van der Waals surface area contributed by atoms with Crippen LogP contribution in [-0.4, -0.2) is 21.2 Å². The molecule has 2 N–H and O–H groups in total. The van der Waals surface area contributed by atoms with Gasteiger partial charge in [-0.2, -0.15) is 0 Å². The summed E-state index contributed by atoms with van der Waals surface area (Å²) in [6.45, 7) is 9.05. The van der Waals surface area contributed by atoms with Gasteiger partial charge in [-0.15, -0.1) is 11.3 Å². The van der Waals surface area contributed by atoms with E-state index in [-0.39, 0.29) is 18.1 Å². The number of nitrogens with zero attached hydrogens (tertiary/aromatic N) is 1. The number of hydrogen-bond acceptors (Lipinski definition) is 4. The molecule has 0 aliphatic carbocycles. The van der Waals surface area contributed by atoms with Crippen molar-refractivity contribution >= 4 is 17.2 Å². The molecule has 5 nitrogen and oxygen atoms in total. The Morgan fingerprint density at radius 1 is 1.38 bits per heavy atom. The molecule has 24 heavy (non-hydrogen) atoms. The molecule has 0 bridgehead atoms. The molecular formula is C18H24N2O3S. The van der Waals surface area contributed by atoms with E-state index < -0.39 is 11.5 Å². The van der Waals surface area contributed by atoms with Crippen LogP contribution >= 0.6 is 11.3 Å². The maximum Gasteiger partial charge on any atom is 0.254 e. The SMILES string of the molecule is Cc1cc(C(C)NC(=O)C(C)(O)Cn2c(C)cccc2=O)c(C)s1. The van der Waals surface area contributed by atoms with Gasteiger partial charge in [-0.3, -0.25) is 9.59 Å². The topological polar surface area (TPSA) is 71.3 Å². The maximum atomic E-state index is 12.5. The number of aromatic nitrogens is 1. The molecule has 0 radical (unpaired) electrons.